The van der Waals surface area contributed by atoms with Crippen LogP contribution in [-0.2, 0) is 27.1 Å². The van der Waals surface area contributed by atoms with Crippen LogP contribution in [0.5, 0.6) is 0 Å². The van der Waals surface area contributed by atoms with E-state index in [4.69, 9.17) is 0 Å². The zero-order valence-electron chi connectivity index (χ0n) is 18.4. The Balaban J connectivity index is 0.000000860. The third kappa shape index (κ3) is 7.26. The largest absolute Gasteiger partial charge is 4.00 e. The first-order valence-corrected chi connectivity index (χ1v) is 9.28. The molecule has 4 nitrogen and oxygen atoms in total. The molecule has 0 spiro atoms. The van der Waals surface area contributed by atoms with Crippen LogP contribution in [0.4, 0.5) is 0 Å². The monoisotopic (exact) mass is 404 g/mol. The molecule has 2 aromatic rings. The summed E-state index contributed by atoms with van der Waals surface area (Å²) in [7, 11) is 7.00. The molecule has 2 aromatic heterocycles. The first-order chi connectivity index (χ1) is 12.2. The first-order valence-electron chi connectivity index (χ1n) is 9.28. The number of aromatic nitrogens is 2. The van der Waals surface area contributed by atoms with Crippen LogP contribution in [0, 0.1) is 10.8 Å². The Bertz CT molecular complexity index is 546. The van der Waals surface area contributed by atoms with Crippen molar-refractivity contribution in [1.82, 2.24) is 9.97 Å². The van der Waals surface area contributed by atoms with Crippen LogP contribution in [0.15, 0.2) is 36.7 Å². The molecule has 0 amide bonds. The van der Waals surface area contributed by atoms with Crippen molar-refractivity contribution in [2.24, 2.45) is 10.8 Å². The van der Waals surface area contributed by atoms with Crippen molar-refractivity contribution in [3.05, 3.63) is 58.7 Å². The van der Waals surface area contributed by atoms with E-state index in [2.05, 4.69) is 72.6 Å². The fraction of sp³-hybridized carbons (Fsp3) is 0.636. The molecular formula is C22H36N4Ti. The summed E-state index contributed by atoms with van der Waals surface area (Å²) in [6.07, 6.45) is 7.32. The Morgan fingerprint density at radius 1 is 0.704 bits per heavy atom. The summed E-state index contributed by atoms with van der Waals surface area (Å²) >= 11 is 0. The molecule has 0 radical (unpaired) electrons. The molecule has 5 heteroatoms. The van der Waals surface area contributed by atoms with Gasteiger partial charge in [0.2, 0.25) is 0 Å². The smallest absolute Gasteiger partial charge is 0.668 e. The van der Waals surface area contributed by atoms with Crippen molar-refractivity contribution in [3.8, 4) is 0 Å². The Morgan fingerprint density at radius 2 is 1.04 bits per heavy atom. The molecule has 1 aliphatic carbocycles. The van der Waals surface area contributed by atoms with Crippen LogP contribution in [0.25, 0.3) is 10.6 Å². The van der Waals surface area contributed by atoms with Crippen molar-refractivity contribution in [2.75, 3.05) is 28.2 Å². The van der Waals surface area contributed by atoms with Gasteiger partial charge in [-0.15, -0.1) is 0 Å². The minimum Gasteiger partial charge on any atom is -0.668 e. The van der Waals surface area contributed by atoms with Crippen LogP contribution >= 0.6 is 0 Å². The summed E-state index contributed by atoms with van der Waals surface area (Å²) < 4.78 is 0. The summed E-state index contributed by atoms with van der Waals surface area (Å²) in [4.78, 5) is 9.32. The Labute approximate surface area is 181 Å². The Kier molecular flexibility index (Phi) is 10.9. The minimum atomic E-state index is -0.0295. The second kappa shape index (κ2) is 11.3. The molecule has 1 aliphatic rings. The van der Waals surface area contributed by atoms with Gasteiger partial charge in [0.1, 0.15) is 0 Å². The maximum atomic E-state index is 4.66. The van der Waals surface area contributed by atoms with Crippen molar-refractivity contribution < 1.29 is 21.7 Å². The van der Waals surface area contributed by atoms with E-state index in [0.717, 1.165) is 12.8 Å². The van der Waals surface area contributed by atoms with E-state index in [-0.39, 0.29) is 27.1 Å². The standard InChI is InChI=1S/C18H24N2.2C2H6N.Ti/c1-16(2)11-17(3,4)13-18(12-16,14-7-5-9-19-14)15-8-6-10-20-15;2*1-3-2;/h5-10H,11-13H2,1-4H3;2*1-2H3;/q-2;2*-1;+4. The van der Waals surface area contributed by atoms with Gasteiger partial charge in [-0.3, -0.25) is 0 Å². The molecule has 1 fully saturated rings. The molecule has 0 bridgehead atoms. The molecule has 0 N–H and O–H groups in total. The van der Waals surface area contributed by atoms with Crippen molar-refractivity contribution >= 4 is 0 Å². The van der Waals surface area contributed by atoms with Crippen molar-refractivity contribution in [1.29, 1.82) is 0 Å². The third-order valence-electron chi connectivity index (χ3n) is 4.61. The average molecular weight is 404 g/mol. The quantitative estimate of drug-likeness (QED) is 0.633. The van der Waals surface area contributed by atoms with Gasteiger partial charge in [0.15, 0.2) is 0 Å². The normalized spacial score (nSPS) is 18.8. The molecule has 0 aliphatic heterocycles. The van der Waals surface area contributed by atoms with E-state index in [1.807, 2.05) is 12.4 Å². The van der Waals surface area contributed by atoms with E-state index in [9.17, 15) is 0 Å². The fourth-order valence-electron chi connectivity index (χ4n) is 4.78. The van der Waals surface area contributed by atoms with Gasteiger partial charge in [-0.25, -0.2) is 0 Å². The van der Waals surface area contributed by atoms with Crippen molar-refractivity contribution in [3.63, 3.8) is 0 Å². The molecule has 148 valence electrons. The summed E-state index contributed by atoms with van der Waals surface area (Å²) in [6, 6.07) is 8.45. The zero-order chi connectivity index (χ0) is 19.8. The Hall–Kier alpha value is -0.806. The van der Waals surface area contributed by atoms with Gasteiger partial charge in [0.25, 0.3) is 0 Å². The van der Waals surface area contributed by atoms with Gasteiger partial charge in [-0.05, 0) is 35.5 Å². The summed E-state index contributed by atoms with van der Waals surface area (Å²) in [5.41, 5.74) is 2.96. The van der Waals surface area contributed by atoms with Gasteiger partial charge < -0.3 is 20.6 Å². The number of hydrogen-bond acceptors (Lipinski definition) is 0. The molecule has 0 saturated heterocycles. The van der Waals surface area contributed by atoms with E-state index in [0.29, 0.717) is 10.8 Å². The fourth-order valence-corrected chi connectivity index (χ4v) is 4.78. The topological polar surface area (TPSA) is 56.4 Å². The first kappa shape index (κ1) is 26.2. The maximum Gasteiger partial charge on any atom is 4.00 e. The molecule has 0 aromatic carbocycles. The number of hydrogen-bond donors (Lipinski definition) is 0. The van der Waals surface area contributed by atoms with Crippen LogP contribution in [0.3, 0.4) is 0 Å². The van der Waals surface area contributed by atoms with E-state index >= 15 is 0 Å². The average Bonchev–Trinajstić information content (AvgIpc) is 3.20. The molecule has 1 saturated carbocycles. The van der Waals surface area contributed by atoms with E-state index < -0.39 is 0 Å². The van der Waals surface area contributed by atoms with Gasteiger partial charge >= 0.3 is 21.7 Å². The van der Waals surface area contributed by atoms with Crippen LogP contribution < -0.4 is 9.97 Å². The minimum absolute atomic E-state index is 0. The zero-order valence-corrected chi connectivity index (χ0v) is 19.9. The summed E-state index contributed by atoms with van der Waals surface area (Å²) in [5.74, 6) is 0. The van der Waals surface area contributed by atoms with Gasteiger partial charge in [-0.2, -0.15) is 52.0 Å². The van der Waals surface area contributed by atoms with Crippen LogP contribution in [-0.4, -0.2) is 28.2 Å². The molecule has 3 rings (SSSR count). The van der Waals surface area contributed by atoms with Crippen LogP contribution in [0.1, 0.15) is 58.3 Å². The van der Waals surface area contributed by atoms with E-state index in [1.54, 1.807) is 28.2 Å². The summed E-state index contributed by atoms with van der Waals surface area (Å²) in [5, 5.41) is 7.00. The molecule has 27 heavy (non-hydrogen) atoms. The number of rotatable bonds is 2. The second-order valence-corrected chi connectivity index (χ2v) is 8.88. The van der Waals surface area contributed by atoms with Gasteiger partial charge in [0, 0.05) is 0 Å². The molecule has 0 atom stereocenters. The predicted octanol–water partition coefficient (Wildman–Crippen LogP) is 5.36. The third-order valence-corrected chi connectivity index (χ3v) is 4.61. The SMILES string of the molecule is CC1(C)CC(C)(C)CC(c2ccc[n-]2)(c2ccc[n-]2)C1.C[N-]C.C[N-]C.[Ti+4]. The van der Waals surface area contributed by atoms with E-state index in [1.165, 1.54) is 17.8 Å². The summed E-state index contributed by atoms with van der Waals surface area (Å²) in [6.45, 7) is 9.53. The van der Waals surface area contributed by atoms with Gasteiger partial charge in [-0.1, -0.05) is 52.0 Å². The van der Waals surface area contributed by atoms with Crippen molar-refractivity contribution in [2.45, 2.75) is 52.4 Å². The maximum absolute atomic E-state index is 4.66. The molecular weight excluding hydrogens is 368 g/mol. The Morgan fingerprint density at radius 3 is 1.30 bits per heavy atom. The second-order valence-electron chi connectivity index (χ2n) is 8.88. The predicted molar refractivity (Wildman–Crippen MR) is 112 cm³/mol. The molecule has 2 heterocycles. The molecule has 0 unspecified atom stereocenters. The number of nitrogens with zero attached hydrogens (tertiary/aromatic N) is 4. The van der Waals surface area contributed by atoms with Crippen LogP contribution in [0.2, 0.25) is 0 Å². The van der Waals surface area contributed by atoms with Gasteiger partial charge in [0.05, 0.1) is 0 Å².